The van der Waals surface area contributed by atoms with Crippen molar-refractivity contribution in [2.75, 3.05) is 0 Å². The standard InChI is InChI=1S/C12H24O2Si/c1-8-11(13)9-10(2)14-15(6,7)12(3,4)5/h8,10H,1,9H2,2-7H3/t10-/m1/s1. The molecule has 0 bridgehead atoms. The van der Waals surface area contributed by atoms with Crippen LogP contribution in [0.25, 0.3) is 0 Å². The third-order valence-electron chi connectivity index (χ3n) is 3.02. The molecule has 0 saturated heterocycles. The lowest BCUT2D eigenvalue weighted by molar-refractivity contribution is -0.116. The fourth-order valence-corrected chi connectivity index (χ4v) is 2.53. The van der Waals surface area contributed by atoms with Crippen LogP contribution < -0.4 is 0 Å². The molecule has 0 rings (SSSR count). The fraction of sp³-hybridized carbons (Fsp3) is 0.750. The summed E-state index contributed by atoms with van der Waals surface area (Å²) in [5.74, 6) is 0.0567. The van der Waals surface area contributed by atoms with Crippen molar-refractivity contribution in [1.29, 1.82) is 0 Å². The van der Waals surface area contributed by atoms with Crippen molar-refractivity contribution in [2.45, 2.75) is 58.4 Å². The van der Waals surface area contributed by atoms with Crippen LogP contribution in [-0.2, 0) is 9.22 Å². The Bertz CT molecular complexity index is 238. The normalized spacial score (nSPS) is 14.8. The quantitative estimate of drug-likeness (QED) is 0.531. The van der Waals surface area contributed by atoms with Crippen molar-refractivity contribution in [3.63, 3.8) is 0 Å². The van der Waals surface area contributed by atoms with Crippen LogP contribution in [0.4, 0.5) is 0 Å². The van der Waals surface area contributed by atoms with Crippen molar-refractivity contribution in [3.8, 4) is 0 Å². The molecule has 15 heavy (non-hydrogen) atoms. The predicted octanol–water partition coefficient (Wildman–Crippen LogP) is 3.54. The van der Waals surface area contributed by atoms with E-state index < -0.39 is 8.32 Å². The third-order valence-corrected chi connectivity index (χ3v) is 7.62. The van der Waals surface area contributed by atoms with Crippen LogP contribution in [0.5, 0.6) is 0 Å². The lowest BCUT2D eigenvalue weighted by Gasteiger charge is -2.38. The van der Waals surface area contributed by atoms with Gasteiger partial charge < -0.3 is 4.43 Å². The summed E-state index contributed by atoms with van der Waals surface area (Å²) in [6.07, 6.45) is 1.80. The molecule has 0 N–H and O–H groups in total. The van der Waals surface area contributed by atoms with Crippen LogP contribution in [0, 0.1) is 0 Å². The molecule has 1 atom stereocenters. The van der Waals surface area contributed by atoms with Crippen LogP contribution in [0.15, 0.2) is 12.7 Å². The van der Waals surface area contributed by atoms with E-state index >= 15 is 0 Å². The minimum Gasteiger partial charge on any atom is -0.414 e. The van der Waals surface area contributed by atoms with E-state index in [1.54, 1.807) is 0 Å². The monoisotopic (exact) mass is 228 g/mol. The Morgan fingerprint density at radius 1 is 1.47 bits per heavy atom. The third kappa shape index (κ3) is 4.75. The number of hydrogen-bond donors (Lipinski definition) is 0. The summed E-state index contributed by atoms with van der Waals surface area (Å²) in [4.78, 5) is 11.2. The Hall–Kier alpha value is -0.413. The van der Waals surface area contributed by atoms with Crippen LogP contribution >= 0.6 is 0 Å². The van der Waals surface area contributed by atoms with E-state index in [-0.39, 0.29) is 16.9 Å². The maximum atomic E-state index is 11.2. The second-order valence-corrected chi connectivity index (χ2v) is 10.3. The minimum atomic E-state index is -1.73. The minimum absolute atomic E-state index is 0.00334. The molecule has 0 unspecified atom stereocenters. The second kappa shape index (κ2) is 5.08. The van der Waals surface area contributed by atoms with E-state index in [0.29, 0.717) is 6.42 Å². The number of hydrogen-bond acceptors (Lipinski definition) is 2. The first-order valence-corrected chi connectivity index (χ1v) is 8.34. The van der Waals surface area contributed by atoms with Gasteiger partial charge in [0.05, 0.1) is 0 Å². The number of carbonyl (C=O) groups excluding carboxylic acids is 1. The van der Waals surface area contributed by atoms with Crippen molar-refractivity contribution < 1.29 is 9.22 Å². The molecule has 88 valence electrons. The summed E-state index contributed by atoms with van der Waals surface area (Å²) in [5, 5.41) is 0.193. The molecular weight excluding hydrogens is 204 g/mol. The molecule has 0 amide bonds. The zero-order valence-corrected chi connectivity index (χ0v) is 11.9. The summed E-state index contributed by atoms with van der Waals surface area (Å²) in [7, 11) is -1.73. The Morgan fingerprint density at radius 3 is 2.27 bits per heavy atom. The van der Waals surface area contributed by atoms with Crippen molar-refractivity contribution >= 4 is 14.1 Å². The first kappa shape index (κ1) is 14.6. The number of ketones is 1. The van der Waals surface area contributed by atoms with E-state index in [1.807, 2.05) is 6.92 Å². The van der Waals surface area contributed by atoms with E-state index in [2.05, 4.69) is 40.4 Å². The average Bonchev–Trinajstić information content (AvgIpc) is 2.00. The van der Waals surface area contributed by atoms with Crippen LogP contribution in [-0.4, -0.2) is 20.2 Å². The maximum absolute atomic E-state index is 11.2. The Morgan fingerprint density at radius 2 is 1.93 bits per heavy atom. The van der Waals surface area contributed by atoms with Gasteiger partial charge in [0.15, 0.2) is 14.1 Å². The van der Waals surface area contributed by atoms with E-state index in [1.165, 1.54) is 6.08 Å². The lowest BCUT2D eigenvalue weighted by atomic mass is 10.2. The van der Waals surface area contributed by atoms with E-state index in [9.17, 15) is 4.79 Å². The average molecular weight is 228 g/mol. The molecule has 0 aromatic rings. The number of carbonyl (C=O) groups is 1. The van der Waals surface area contributed by atoms with Crippen molar-refractivity contribution in [3.05, 3.63) is 12.7 Å². The Balaban J connectivity index is 4.34. The van der Waals surface area contributed by atoms with Crippen LogP contribution in [0.1, 0.15) is 34.1 Å². The molecule has 0 aliphatic rings. The predicted molar refractivity (Wildman–Crippen MR) is 67.6 cm³/mol. The van der Waals surface area contributed by atoms with Gasteiger partial charge in [0.2, 0.25) is 0 Å². The van der Waals surface area contributed by atoms with Gasteiger partial charge in [-0.1, -0.05) is 27.4 Å². The van der Waals surface area contributed by atoms with Crippen LogP contribution in [0.3, 0.4) is 0 Å². The topological polar surface area (TPSA) is 26.3 Å². The van der Waals surface area contributed by atoms with E-state index in [4.69, 9.17) is 4.43 Å². The smallest absolute Gasteiger partial charge is 0.192 e. The van der Waals surface area contributed by atoms with Gasteiger partial charge in [-0.25, -0.2) is 0 Å². The van der Waals surface area contributed by atoms with Gasteiger partial charge in [-0.15, -0.1) is 0 Å². The molecule has 3 heteroatoms. The Labute approximate surface area is 94.8 Å². The zero-order valence-electron chi connectivity index (χ0n) is 10.9. The summed E-state index contributed by atoms with van der Waals surface area (Å²) < 4.78 is 6.04. The molecule has 0 radical (unpaired) electrons. The molecular formula is C12H24O2Si. The highest BCUT2D eigenvalue weighted by Gasteiger charge is 2.38. The highest BCUT2D eigenvalue weighted by Crippen LogP contribution is 2.37. The summed E-state index contributed by atoms with van der Waals surface area (Å²) in [6.45, 7) is 16.4. The summed E-state index contributed by atoms with van der Waals surface area (Å²) in [6, 6.07) is 0. The molecule has 2 nitrogen and oxygen atoms in total. The molecule has 0 heterocycles. The molecule has 0 spiro atoms. The van der Waals surface area contributed by atoms with Gasteiger partial charge in [0.25, 0.3) is 0 Å². The number of rotatable bonds is 5. The van der Waals surface area contributed by atoms with Crippen LogP contribution in [0.2, 0.25) is 18.1 Å². The van der Waals surface area contributed by atoms with Gasteiger partial charge in [-0.2, -0.15) is 0 Å². The molecule has 0 aromatic carbocycles. The van der Waals surface area contributed by atoms with Crippen molar-refractivity contribution in [2.24, 2.45) is 0 Å². The zero-order chi connectivity index (χ0) is 12.3. The largest absolute Gasteiger partial charge is 0.414 e. The fourth-order valence-electron chi connectivity index (χ4n) is 1.09. The highest BCUT2D eigenvalue weighted by molar-refractivity contribution is 6.74. The SMILES string of the molecule is C=CC(=O)C[C@@H](C)O[Si](C)(C)C(C)(C)C. The first-order chi connectivity index (χ1) is 6.60. The summed E-state index contributed by atoms with van der Waals surface area (Å²) >= 11 is 0. The van der Waals surface area contributed by atoms with Gasteiger partial charge in [0.1, 0.15) is 0 Å². The molecule has 0 aliphatic heterocycles. The van der Waals surface area contributed by atoms with Gasteiger partial charge in [0, 0.05) is 12.5 Å². The highest BCUT2D eigenvalue weighted by atomic mass is 28.4. The summed E-state index contributed by atoms with van der Waals surface area (Å²) in [5.41, 5.74) is 0. The first-order valence-electron chi connectivity index (χ1n) is 5.43. The molecule has 0 saturated carbocycles. The Kier molecular flexibility index (Phi) is 4.94. The van der Waals surface area contributed by atoms with Gasteiger partial charge >= 0.3 is 0 Å². The second-order valence-electron chi connectivity index (χ2n) is 5.56. The van der Waals surface area contributed by atoms with Crippen molar-refractivity contribution in [1.82, 2.24) is 0 Å². The van der Waals surface area contributed by atoms with Gasteiger partial charge in [-0.3, -0.25) is 4.79 Å². The lowest BCUT2D eigenvalue weighted by Crippen LogP contribution is -2.43. The maximum Gasteiger partial charge on any atom is 0.192 e. The van der Waals surface area contributed by atoms with E-state index in [0.717, 1.165) is 0 Å². The molecule has 0 fully saturated rings. The number of allylic oxidation sites excluding steroid dienone is 1. The van der Waals surface area contributed by atoms with Gasteiger partial charge in [-0.05, 0) is 31.1 Å². The molecule has 0 aliphatic carbocycles. The molecule has 0 aromatic heterocycles.